The molecule has 1 aromatic rings. The fourth-order valence-electron chi connectivity index (χ4n) is 2.68. The Bertz CT molecular complexity index is 300. The third-order valence-electron chi connectivity index (χ3n) is 3.77. The fraction of sp³-hybridized carbons (Fsp3) is 0.643. The van der Waals surface area contributed by atoms with Crippen LogP contribution in [0.3, 0.4) is 0 Å². The highest BCUT2D eigenvalue weighted by Gasteiger charge is 2.28. The maximum atomic E-state index is 4.21. The van der Waals surface area contributed by atoms with E-state index in [0.29, 0.717) is 5.54 Å². The second-order valence-electron chi connectivity index (χ2n) is 4.91. The second kappa shape index (κ2) is 5.44. The minimum Gasteiger partial charge on any atom is -0.311 e. The molecule has 0 aromatic carbocycles. The standard InChI is InChI=1S/C14H22N2/c1-2-14(8-4-3-5-10-16-14)11-13-7-6-9-15-12-13/h6-7,9,12,16H,2-5,8,10-11H2,1H3. The van der Waals surface area contributed by atoms with Gasteiger partial charge in [0.05, 0.1) is 0 Å². The maximum Gasteiger partial charge on any atom is 0.0300 e. The van der Waals surface area contributed by atoms with E-state index in [0.717, 1.165) is 6.42 Å². The summed E-state index contributed by atoms with van der Waals surface area (Å²) in [5, 5.41) is 3.77. The van der Waals surface area contributed by atoms with E-state index < -0.39 is 0 Å². The van der Waals surface area contributed by atoms with Crippen molar-refractivity contribution in [3.8, 4) is 0 Å². The molecule has 1 aromatic heterocycles. The van der Waals surface area contributed by atoms with E-state index in [4.69, 9.17) is 0 Å². The molecule has 2 heteroatoms. The Kier molecular flexibility index (Phi) is 3.94. The Morgan fingerprint density at radius 2 is 2.31 bits per heavy atom. The number of nitrogens with zero attached hydrogens (tertiary/aromatic N) is 1. The van der Waals surface area contributed by atoms with Crippen LogP contribution in [0.4, 0.5) is 0 Å². The van der Waals surface area contributed by atoms with Gasteiger partial charge in [-0.2, -0.15) is 0 Å². The minimum atomic E-state index is 0.319. The summed E-state index contributed by atoms with van der Waals surface area (Å²) in [6.07, 6.45) is 11.6. The molecule has 2 rings (SSSR count). The van der Waals surface area contributed by atoms with Crippen LogP contribution in [-0.4, -0.2) is 17.1 Å². The van der Waals surface area contributed by atoms with Crippen molar-refractivity contribution < 1.29 is 0 Å². The van der Waals surface area contributed by atoms with Crippen molar-refractivity contribution in [1.82, 2.24) is 10.3 Å². The molecule has 0 saturated carbocycles. The lowest BCUT2D eigenvalue weighted by Gasteiger charge is -2.33. The molecule has 0 radical (unpaired) electrons. The third-order valence-corrected chi connectivity index (χ3v) is 3.77. The molecule has 2 heterocycles. The molecule has 1 aliphatic rings. The Hall–Kier alpha value is -0.890. The number of hydrogen-bond donors (Lipinski definition) is 1. The van der Waals surface area contributed by atoms with Gasteiger partial charge in [0.1, 0.15) is 0 Å². The molecule has 1 fully saturated rings. The lowest BCUT2D eigenvalue weighted by atomic mass is 9.85. The summed E-state index contributed by atoms with van der Waals surface area (Å²) in [5.41, 5.74) is 1.68. The van der Waals surface area contributed by atoms with Crippen molar-refractivity contribution in [2.75, 3.05) is 6.54 Å². The molecular weight excluding hydrogens is 196 g/mol. The summed E-state index contributed by atoms with van der Waals surface area (Å²) < 4.78 is 0. The van der Waals surface area contributed by atoms with E-state index in [9.17, 15) is 0 Å². The Labute approximate surface area is 98.5 Å². The van der Waals surface area contributed by atoms with Gasteiger partial charge in [-0.3, -0.25) is 4.98 Å². The molecule has 1 saturated heterocycles. The van der Waals surface area contributed by atoms with Crippen LogP contribution in [0.1, 0.15) is 44.6 Å². The van der Waals surface area contributed by atoms with Crippen molar-refractivity contribution in [3.05, 3.63) is 30.1 Å². The molecule has 88 valence electrons. The third kappa shape index (κ3) is 2.82. The number of aromatic nitrogens is 1. The van der Waals surface area contributed by atoms with Gasteiger partial charge in [0.2, 0.25) is 0 Å². The van der Waals surface area contributed by atoms with Gasteiger partial charge in [-0.1, -0.05) is 25.8 Å². The molecule has 1 unspecified atom stereocenters. The molecule has 2 nitrogen and oxygen atoms in total. The zero-order valence-corrected chi connectivity index (χ0v) is 10.2. The lowest BCUT2D eigenvalue weighted by Crippen LogP contribution is -2.46. The monoisotopic (exact) mass is 218 g/mol. The van der Waals surface area contributed by atoms with Crippen molar-refractivity contribution in [1.29, 1.82) is 0 Å². The topological polar surface area (TPSA) is 24.9 Å². The summed E-state index contributed by atoms with van der Waals surface area (Å²) in [6.45, 7) is 3.47. The molecule has 1 N–H and O–H groups in total. The fourth-order valence-corrected chi connectivity index (χ4v) is 2.68. The van der Waals surface area contributed by atoms with Crippen LogP contribution in [0.5, 0.6) is 0 Å². The normalized spacial score (nSPS) is 26.3. The van der Waals surface area contributed by atoms with Crippen molar-refractivity contribution in [2.24, 2.45) is 0 Å². The first-order valence-electron chi connectivity index (χ1n) is 6.49. The summed E-state index contributed by atoms with van der Waals surface area (Å²) in [5.74, 6) is 0. The Balaban J connectivity index is 2.08. The van der Waals surface area contributed by atoms with Gasteiger partial charge in [-0.15, -0.1) is 0 Å². The molecule has 1 atom stereocenters. The SMILES string of the molecule is CCC1(Cc2cccnc2)CCCCCN1. The van der Waals surface area contributed by atoms with Crippen LogP contribution >= 0.6 is 0 Å². The van der Waals surface area contributed by atoms with Gasteiger partial charge in [0, 0.05) is 17.9 Å². The van der Waals surface area contributed by atoms with Gasteiger partial charge >= 0.3 is 0 Å². The summed E-state index contributed by atoms with van der Waals surface area (Å²) in [7, 11) is 0. The molecule has 0 amide bonds. The molecule has 1 aliphatic heterocycles. The number of pyridine rings is 1. The highest BCUT2D eigenvalue weighted by Crippen LogP contribution is 2.26. The smallest absolute Gasteiger partial charge is 0.0300 e. The zero-order chi connectivity index (χ0) is 11.3. The van der Waals surface area contributed by atoms with Crippen LogP contribution in [-0.2, 0) is 6.42 Å². The molecule has 0 bridgehead atoms. The van der Waals surface area contributed by atoms with E-state index in [-0.39, 0.29) is 0 Å². The number of hydrogen-bond acceptors (Lipinski definition) is 2. The van der Waals surface area contributed by atoms with E-state index in [1.807, 2.05) is 18.5 Å². The van der Waals surface area contributed by atoms with E-state index in [1.54, 1.807) is 0 Å². The largest absolute Gasteiger partial charge is 0.311 e. The first-order valence-corrected chi connectivity index (χ1v) is 6.49. The van der Waals surface area contributed by atoms with Crippen LogP contribution in [0.25, 0.3) is 0 Å². The Morgan fingerprint density at radius 3 is 3.06 bits per heavy atom. The van der Waals surface area contributed by atoms with E-state index in [2.05, 4.69) is 23.3 Å². The highest BCUT2D eigenvalue weighted by atomic mass is 15.0. The molecule has 0 spiro atoms. The first-order chi connectivity index (χ1) is 7.85. The van der Waals surface area contributed by atoms with Gasteiger partial charge in [0.15, 0.2) is 0 Å². The maximum absolute atomic E-state index is 4.21. The molecule has 0 aliphatic carbocycles. The Morgan fingerprint density at radius 1 is 1.38 bits per heavy atom. The second-order valence-corrected chi connectivity index (χ2v) is 4.91. The first kappa shape index (κ1) is 11.6. The van der Waals surface area contributed by atoms with Crippen molar-refractivity contribution in [2.45, 2.75) is 51.0 Å². The van der Waals surface area contributed by atoms with Crippen LogP contribution < -0.4 is 5.32 Å². The van der Waals surface area contributed by atoms with Crippen molar-refractivity contribution >= 4 is 0 Å². The summed E-state index contributed by atoms with van der Waals surface area (Å²) >= 11 is 0. The zero-order valence-electron chi connectivity index (χ0n) is 10.2. The van der Waals surface area contributed by atoms with Gasteiger partial charge in [-0.05, 0) is 43.9 Å². The van der Waals surface area contributed by atoms with Crippen LogP contribution in [0.2, 0.25) is 0 Å². The van der Waals surface area contributed by atoms with Crippen molar-refractivity contribution in [3.63, 3.8) is 0 Å². The lowest BCUT2D eigenvalue weighted by molar-refractivity contribution is 0.302. The predicted molar refractivity (Wildman–Crippen MR) is 67.4 cm³/mol. The quantitative estimate of drug-likeness (QED) is 0.843. The highest BCUT2D eigenvalue weighted by molar-refractivity contribution is 5.13. The van der Waals surface area contributed by atoms with E-state index >= 15 is 0 Å². The summed E-state index contributed by atoms with van der Waals surface area (Å²) in [6, 6.07) is 4.23. The number of rotatable bonds is 3. The van der Waals surface area contributed by atoms with Gasteiger partial charge in [-0.25, -0.2) is 0 Å². The molecular formula is C14H22N2. The average Bonchev–Trinajstić information content (AvgIpc) is 2.57. The minimum absolute atomic E-state index is 0.319. The predicted octanol–water partition coefficient (Wildman–Crippen LogP) is 2.94. The number of nitrogens with one attached hydrogen (secondary N) is 1. The van der Waals surface area contributed by atoms with Crippen LogP contribution in [0, 0.1) is 0 Å². The average molecular weight is 218 g/mol. The summed E-state index contributed by atoms with van der Waals surface area (Å²) in [4.78, 5) is 4.21. The van der Waals surface area contributed by atoms with E-state index in [1.165, 1.54) is 44.2 Å². The molecule has 16 heavy (non-hydrogen) atoms. The van der Waals surface area contributed by atoms with Gasteiger partial charge in [0.25, 0.3) is 0 Å². The van der Waals surface area contributed by atoms with Crippen LogP contribution in [0.15, 0.2) is 24.5 Å². The van der Waals surface area contributed by atoms with Gasteiger partial charge < -0.3 is 5.32 Å².